The van der Waals surface area contributed by atoms with Gasteiger partial charge in [-0.25, -0.2) is 0 Å². The Morgan fingerprint density at radius 3 is 2.78 bits per heavy atom. The topological polar surface area (TPSA) is 52.1 Å². The van der Waals surface area contributed by atoms with Crippen molar-refractivity contribution >= 4 is 27.5 Å². The minimum atomic E-state index is 0.399. The molecule has 0 fully saturated rings. The molecule has 0 spiro atoms. The molecule has 0 saturated carbocycles. The number of benzene rings is 1. The average Bonchev–Trinajstić information content (AvgIpc) is 2.97. The van der Waals surface area contributed by atoms with E-state index in [1.807, 2.05) is 12.1 Å². The molecule has 0 bridgehead atoms. The van der Waals surface area contributed by atoms with Crippen LogP contribution in [-0.4, -0.2) is 10.1 Å². The van der Waals surface area contributed by atoms with E-state index in [4.69, 9.17) is 20.5 Å². The summed E-state index contributed by atoms with van der Waals surface area (Å²) in [4.78, 5) is 4.25. The summed E-state index contributed by atoms with van der Waals surface area (Å²) in [6, 6.07) is 10.7. The van der Waals surface area contributed by atoms with Crippen LogP contribution in [0.1, 0.15) is 0 Å². The Balaban J connectivity index is 1.99. The van der Waals surface area contributed by atoms with Gasteiger partial charge in [-0.05, 0) is 46.3 Å². The van der Waals surface area contributed by atoms with Gasteiger partial charge in [-0.3, -0.25) is 0 Å². The molecule has 0 saturated heterocycles. The summed E-state index contributed by atoms with van der Waals surface area (Å²) < 4.78 is 11.1. The molecule has 0 N–H and O–H groups in total. The van der Waals surface area contributed by atoms with E-state index < -0.39 is 0 Å². The number of rotatable bonds is 2. The minimum absolute atomic E-state index is 0.399. The molecule has 1 aromatic carbocycles. The first-order valence-electron chi connectivity index (χ1n) is 5.08. The zero-order chi connectivity index (χ0) is 12.5. The van der Waals surface area contributed by atoms with Crippen LogP contribution in [0.5, 0.6) is 0 Å². The molecule has 3 rings (SSSR count). The Kier molecular flexibility index (Phi) is 2.93. The molecule has 0 amide bonds. The summed E-state index contributed by atoms with van der Waals surface area (Å²) in [5, 5.41) is 4.48. The third-order valence-electron chi connectivity index (χ3n) is 2.29. The molecular formula is C12H6BrClN2O2. The average molecular weight is 326 g/mol. The van der Waals surface area contributed by atoms with Crippen LogP contribution < -0.4 is 0 Å². The monoisotopic (exact) mass is 324 g/mol. The van der Waals surface area contributed by atoms with Crippen LogP contribution in [-0.2, 0) is 0 Å². The number of aromatic nitrogens is 2. The van der Waals surface area contributed by atoms with Crippen LogP contribution in [0.2, 0.25) is 5.02 Å². The van der Waals surface area contributed by atoms with Crippen LogP contribution in [0.4, 0.5) is 0 Å². The Morgan fingerprint density at radius 1 is 1.17 bits per heavy atom. The highest BCUT2D eigenvalue weighted by atomic mass is 79.9. The highest BCUT2D eigenvalue weighted by Gasteiger charge is 2.13. The number of nitrogens with zero attached hydrogens (tertiary/aromatic N) is 2. The van der Waals surface area contributed by atoms with Gasteiger partial charge < -0.3 is 8.94 Å². The normalized spacial score (nSPS) is 10.8. The van der Waals surface area contributed by atoms with Gasteiger partial charge in [0, 0.05) is 10.6 Å². The minimum Gasteiger partial charge on any atom is -0.446 e. The SMILES string of the molecule is Clc1cccc(-c2nc(-c3ccc(Br)o3)no2)c1. The lowest BCUT2D eigenvalue weighted by Gasteiger charge is -1.93. The molecule has 90 valence electrons. The number of furan rings is 1. The van der Waals surface area contributed by atoms with Crippen LogP contribution >= 0.6 is 27.5 Å². The van der Waals surface area contributed by atoms with Gasteiger partial charge in [0.1, 0.15) is 0 Å². The van der Waals surface area contributed by atoms with E-state index in [0.29, 0.717) is 27.2 Å². The molecule has 3 aromatic rings. The second-order valence-electron chi connectivity index (χ2n) is 3.54. The molecule has 0 aliphatic rings. The number of hydrogen-bond acceptors (Lipinski definition) is 4. The summed E-state index contributed by atoms with van der Waals surface area (Å²) in [7, 11) is 0. The van der Waals surface area contributed by atoms with Gasteiger partial charge in [-0.2, -0.15) is 4.98 Å². The van der Waals surface area contributed by atoms with E-state index >= 15 is 0 Å². The zero-order valence-electron chi connectivity index (χ0n) is 8.93. The van der Waals surface area contributed by atoms with Crippen molar-refractivity contribution in [2.24, 2.45) is 0 Å². The Labute approximate surface area is 116 Å². The lowest BCUT2D eigenvalue weighted by atomic mass is 10.2. The molecule has 0 aliphatic heterocycles. The summed E-state index contributed by atoms with van der Waals surface area (Å²) >= 11 is 9.13. The van der Waals surface area contributed by atoms with Gasteiger partial charge in [0.25, 0.3) is 5.89 Å². The maximum absolute atomic E-state index is 5.91. The molecule has 2 aromatic heterocycles. The van der Waals surface area contributed by atoms with E-state index in [2.05, 4.69) is 26.1 Å². The van der Waals surface area contributed by atoms with Crippen molar-refractivity contribution in [3.05, 3.63) is 46.1 Å². The summed E-state index contributed by atoms with van der Waals surface area (Å²) in [5.41, 5.74) is 0.770. The Morgan fingerprint density at radius 2 is 2.06 bits per heavy atom. The lowest BCUT2D eigenvalue weighted by Crippen LogP contribution is -1.78. The molecular weight excluding hydrogens is 320 g/mol. The first-order valence-corrected chi connectivity index (χ1v) is 6.25. The van der Waals surface area contributed by atoms with E-state index in [-0.39, 0.29) is 0 Å². The van der Waals surface area contributed by atoms with Gasteiger partial charge in [-0.15, -0.1) is 0 Å². The highest BCUT2D eigenvalue weighted by Crippen LogP contribution is 2.26. The molecule has 0 atom stereocenters. The van der Waals surface area contributed by atoms with Gasteiger partial charge >= 0.3 is 0 Å². The van der Waals surface area contributed by atoms with Crippen LogP contribution in [0.15, 0.2) is 50.0 Å². The molecule has 6 heteroatoms. The lowest BCUT2D eigenvalue weighted by molar-refractivity contribution is 0.429. The highest BCUT2D eigenvalue weighted by molar-refractivity contribution is 9.10. The predicted octanol–water partition coefficient (Wildman–Crippen LogP) is 4.41. The second kappa shape index (κ2) is 4.59. The quantitative estimate of drug-likeness (QED) is 0.700. The van der Waals surface area contributed by atoms with E-state index in [1.54, 1.807) is 24.3 Å². The van der Waals surface area contributed by atoms with E-state index in [1.165, 1.54) is 0 Å². The molecule has 0 aliphatic carbocycles. The molecule has 0 unspecified atom stereocenters. The number of halogens is 2. The summed E-state index contributed by atoms with van der Waals surface area (Å²) in [6.07, 6.45) is 0. The third-order valence-corrected chi connectivity index (χ3v) is 2.95. The largest absolute Gasteiger partial charge is 0.446 e. The van der Waals surface area contributed by atoms with Crippen molar-refractivity contribution < 1.29 is 8.94 Å². The van der Waals surface area contributed by atoms with Crippen molar-refractivity contribution in [2.45, 2.75) is 0 Å². The molecule has 2 heterocycles. The van der Waals surface area contributed by atoms with Crippen molar-refractivity contribution in [1.82, 2.24) is 10.1 Å². The molecule has 4 nitrogen and oxygen atoms in total. The van der Waals surface area contributed by atoms with Crippen LogP contribution in [0.3, 0.4) is 0 Å². The fourth-order valence-corrected chi connectivity index (χ4v) is 1.99. The Hall–Kier alpha value is -1.59. The standard InChI is InChI=1S/C12H6BrClN2O2/c13-10-5-4-9(17-10)11-15-12(18-16-11)7-2-1-3-8(14)6-7/h1-6H. The van der Waals surface area contributed by atoms with Gasteiger partial charge in [-0.1, -0.05) is 22.8 Å². The van der Waals surface area contributed by atoms with E-state index in [9.17, 15) is 0 Å². The van der Waals surface area contributed by atoms with Crippen LogP contribution in [0, 0.1) is 0 Å². The van der Waals surface area contributed by atoms with Gasteiger partial charge in [0.15, 0.2) is 10.4 Å². The first kappa shape index (κ1) is 11.5. The van der Waals surface area contributed by atoms with Gasteiger partial charge in [0.2, 0.25) is 5.82 Å². The Bertz CT molecular complexity index is 693. The fraction of sp³-hybridized carbons (Fsp3) is 0. The maximum atomic E-state index is 5.91. The predicted molar refractivity (Wildman–Crippen MR) is 70.1 cm³/mol. The van der Waals surface area contributed by atoms with Gasteiger partial charge in [0.05, 0.1) is 0 Å². The smallest absolute Gasteiger partial charge is 0.258 e. The van der Waals surface area contributed by atoms with Crippen molar-refractivity contribution in [3.8, 4) is 23.0 Å². The molecule has 18 heavy (non-hydrogen) atoms. The van der Waals surface area contributed by atoms with Crippen molar-refractivity contribution in [1.29, 1.82) is 0 Å². The summed E-state index contributed by atoms with van der Waals surface area (Å²) in [5.74, 6) is 1.34. The fourth-order valence-electron chi connectivity index (χ4n) is 1.50. The maximum Gasteiger partial charge on any atom is 0.258 e. The van der Waals surface area contributed by atoms with Crippen molar-refractivity contribution in [2.75, 3.05) is 0 Å². The molecule has 0 radical (unpaired) electrons. The zero-order valence-corrected chi connectivity index (χ0v) is 11.3. The summed E-state index contributed by atoms with van der Waals surface area (Å²) in [6.45, 7) is 0. The second-order valence-corrected chi connectivity index (χ2v) is 4.76. The van der Waals surface area contributed by atoms with Crippen molar-refractivity contribution in [3.63, 3.8) is 0 Å². The van der Waals surface area contributed by atoms with Crippen LogP contribution in [0.25, 0.3) is 23.0 Å². The third kappa shape index (κ3) is 2.19. The number of hydrogen-bond donors (Lipinski definition) is 0. The van der Waals surface area contributed by atoms with E-state index in [0.717, 1.165) is 5.56 Å². The first-order chi connectivity index (χ1) is 8.72.